The Bertz CT molecular complexity index is 1150. The van der Waals surface area contributed by atoms with Crippen molar-refractivity contribution in [2.45, 2.75) is 161 Å². The Morgan fingerprint density at radius 3 is 1.70 bits per heavy atom. The van der Waals surface area contributed by atoms with Crippen molar-refractivity contribution in [3.05, 3.63) is 85.1 Å². The summed E-state index contributed by atoms with van der Waals surface area (Å²) in [5, 5.41) is 10.2. The number of ether oxygens (including phenoxy) is 2. The molecule has 0 aliphatic rings. The normalized spacial score (nSPS) is 14.0. The molecule has 0 aromatic heterocycles. The highest BCUT2D eigenvalue weighted by Crippen LogP contribution is 2.36. The van der Waals surface area contributed by atoms with Crippen LogP contribution in [0.4, 0.5) is 0 Å². The highest BCUT2D eigenvalue weighted by Gasteiger charge is 2.23. The minimum atomic E-state index is -4.83. The summed E-state index contributed by atoms with van der Waals surface area (Å²) in [6.45, 7) is 3.34. The van der Waals surface area contributed by atoms with Crippen molar-refractivity contribution in [1.29, 1.82) is 0 Å². The molecule has 0 amide bonds. The first-order valence-corrected chi connectivity index (χ1v) is 21.5. The van der Waals surface area contributed by atoms with Gasteiger partial charge in [-0.1, -0.05) is 150 Å². The molecule has 53 heavy (non-hydrogen) atoms. The van der Waals surface area contributed by atoms with Crippen LogP contribution in [0.15, 0.2) is 85.1 Å². The van der Waals surface area contributed by atoms with Crippen molar-refractivity contribution < 1.29 is 43.0 Å². The van der Waals surface area contributed by atoms with Crippen LogP contribution in [-0.2, 0) is 28.2 Å². The third-order valence-corrected chi connectivity index (χ3v) is 8.50. The summed E-state index contributed by atoms with van der Waals surface area (Å²) in [6, 6.07) is 0. The summed E-state index contributed by atoms with van der Waals surface area (Å²) in [5.74, 6) is -1.18. The summed E-state index contributed by atoms with van der Waals surface area (Å²) < 4.78 is 26.2. The van der Waals surface area contributed by atoms with E-state index in [4.69, 9.17) is 19.3 Å². The lowest BCUT2D eigenvalue weighted by Gasteiger charge is -2.18. The van der Waals surface area contributed by atoms with Gasteiger partial charge in [0, 0.05) is 12.8 Å². The molecule has 0 spiro atoms. The highest BCUT2D eigenvalue weighted by molar-refractivity contribution is 7.46. The number of hydrogen-bond acceptors (Lipinski definition) is 7. The van der Waals surface area contributed by atoms with E-state index in [1.807, 2.05) is 12.2 Å². The van der Waals surface area contributed by atoms with Crippen LogP contribution < -0.4 is 0 Å². The number of aliphatic hydroxyl groups is 1. The van der Waals surface area contributed by atoms with E-state index in [0.29, 0.717) is 6.42 Å². The number of aliphatic hydroxyl groups excluding tert-OH is 1. The minimum Gasteiger partial charge on any atom is -0.462 e. The average molecular weight is 763 g/mol. The fourth-order valence-corrected chi connectivity index (χ4v) is 5.37. The van der Waals surface area contributed by atoms with Gasteiger partial charge >= 0.3 is 19.8 Å². The van der Waals surface area contributed by atoms with E-state index in [9.17, 15) is 19.3 Å². The van der Waals surface area contributed by atoms with Gasteiger partial charge in [0.25, 0.3) is 0 Å². The molecule has 0 radical (unpaired) electrons. The van der Waals surface area contributed by atoms with Crippen molar-refractivity contribution in [3.63, 3.8) is 0 Å². The Morgan fingerprint density at radius 2 is 1.13 bits per heavy atom. The van der Waals surface area contributed by atoms with Gasteiger partial charge in [0.05, 0.1) is 12.7 Å². The number of phosphoric acid groups is 1. The number of phosphoric ester groups is 1. The molecule has 2 atom stereocenters. The maximum atomic E-state index is 12.4. The van der Waals surface area contributed by atoms with Crippen LogP contribution in [0.5, 0.6) is 0 Å². The van der Waals surface area contributed by atoms with Gasteiger partial charge in [0.1, 0.15) is 6.61 Å². The first kappa shape index (κ1) is 50.2. The van der Waals surface area contributed by atoms with Gasteiger partial charge in [-0.3, -0.25) is 14.1 Å². The van der Waals surface area contributed by atoms with E-state index < -0.39 is 38.6 Å². The summed E-state index contributed by atoms with van der Waals surface area (Å²) in [7, 11) is -4.83. The molecule has 0 saturated carbocycles. The summed E-state index contributed by atoms with van der Waals surface area (Å²) in [4.78, 5) is 42.8. The first-order valence-electron chi connectivity index (χ1n) is 20.0. The summed E-state index contributed by atoms with van der Waals surface area (Å²) >= 11 is 0. The molecule has 0 aliphatic heterocycles. The molecule has 0 aliphatic carbocycles. The predicted molar refractivity (Wildman–Crippen MR) is 217 cm³/mol. The first-order chi connectivity index (χ1) is 25.7. The maximum Gasteiger partial charge on any atom is 0.469 e. The highest BCUT2D eigenvalue weighted by atomic mass is 31.2. The molecule has 1 unspecified atom stereocenters. The van der Waals surface area contributed by atoms with Crippen molar-refractivity contribution in [2.75, 3.05) is 13.2 Å². The second-order valence-electron chi connectivity index (χ2n) is 13.1. The smallest absolute Gasteiger partial charge is 0.462 e. The number of rotatable bonds is 35. The summed E-state index contributed by atoms with van der Waals surface area (Å²) in [5.41, 5.74) is 0. The Kier molecular flexibility index (Phi) is 35.5. The number of unbranched alkanes of at least 4 members (excludes halogenated alkanes) is 11. The van der Waals surface area contributed by atoms with Crippen LogP contribution in [0.2, 0.25) is 0 Å². The number of carbonyl (C=O) groups is 2. The van der Waals surface area contributed by atoms with Crippen molar-refractivity contribution in [1.82, 2.24) is 0 Å². The minimum absolute atomic E-state index is 0.0855. The van der Waals surface area contributed by atoms with E-state index in [1.165, 1.54) is 51.4 Å². The van der Waals surface area contributed by atoms with Gasteiger partial charge in [-0.15, -0.1) is 0 Å². The largest absolute Gasteiger partial charge is 0.469 e. The number of allylic oxidation sites excluding steroid dienone is 13. The molecule has 0 aromatic rings. The lowest BCUT2D eigenvalue weighted by atomic mass is 10.1. The second kappa shape index (κ2) is 37.5. The number of hydrogen-bond donors (Lipinski definition) is 3. The van der Waals surface area contributed by atoms with E-state index in [-0.39, 0.29) is 25.9 Å². The Labute approximate surface area is 321 Å². The quantitative estimate of drug-likeness (QED) is 0.0189. The van der Waals surface area contributed by atoms with Crippen molar-refractivity contribution >= 4 is 19.8 Å². The predicted octanol–water partition coefficient (Wildman–Crippen LogP) is 11.0. The van der Waals surface area contributed by atoms with Gasteiger partial charge in [-0.2, -0.15) is 0 Å². The van der Waals surface area contributed by atoms with E-state index in [2.05, 4.69) is 79.1 Å². The molecule has 0 rings (SSSR count). The third-order valence-electron chi connectivity index (χ3n) is 8.02. The third kappa shape index (κ3) is 40.2. The second-order valence-corrected chi connectivity index (χ2v) is 14.3. The van der Waals surface area contributed by atoms with Gasteiger partial charge in [-0.25, -0.2) is 4.57 Å². The van der Waals surface area contributed by atoms with Crippen LogP contribution in [0, 0.1) is 0 Å². The topological polar surface area (TPSA) is 140 Å². The molecule has 0 aromatic carbocycles. The van der Waals surface area contributed by atoms with Crippen molar-refractivity contribution in [2.24, 2.45) is 0 Å². The van der Waals surface area contributed by atoms with Crippen LogP contribution in [0.1, 0.15) is 149 Å². The molecule has 0 saturated heterocycles. The van der Waals surface area contributed by atoms with Crippen LogP contribution in [0.3, 0.4) is 0 Å². The van der Waals surface area contributed by atoms with E-state index in [0.717, 1.165) is 57.8 Å². The van der Waals surface area contributed by atoms with E-state index in [1.54, 1.807) is 12.2 Å². The van der Waals surface area contributed by atoms with Crippen LogP contribution in [0.25, 0.3) is 0 Å². The molecular weight excluding hydrogens is 691 g/mol. The van der Waals surface area contributed by atoms with Crippen molar-refractivity contribution in [3.8, 4) is 0 Å². The molecule has 0 bridgehead atoms. The molecule has 0 fully saturated rings. The Hall–Kier alpha value is -2.81. The zero-order valence-electron chi connectivity index (χ0n) is 32.7. The Balaban J connectivity index is 4.22. The fourth-order valence-electron chi connectivity index (χ4n) is 5.01. The van der Waals surface area contributed by atoms with Gasteiger partial charge < -0.3 is 24.4 Å². The molecule has 302 valence electrons. The van der Waals surface area contributed by atoms with E-state index >= 15 is 0 Å². The standard InChI is InChI=1S/C43H71O9P/c1-3-5-7-9-11-13-15-17-19-21-22-24-26-28-30-32-34-40(44)36-37-43(46)52-41(39-51-53(47,48)49)38-50-42(45)35-33-31-29-27-25-23-20-18-16-14-12-10-8-6-4-2/h5,7,11,13-14,16-17,19,22,24,28,30,32,34,40-41,44H,3-4,6,8-10,12,15,18,20-21,23,25-27,29,31,33,35-39H2,1-2H3,(H2,47,48,49)/b7-5-,13-11-,16-14-,19-17-,24-22-,30-28-,34-32-/t40?,41-/m1/s1. The van der Waals surface area contributed by atoms with Gasteiger partial charge in [0.15, 0.2) is 6.10 Å². The van der Waals surface area contributed by atoms with Crippen LogP contribution in [-0.4, -0.2) is 52.3 Å². The lowest BCUT2D eigenvalue weighted by molar-refractivity contribution is -0.161. The molecular formula is C43H71O9P. The Morgan fingerprint density at radius 1 is 0.604 bits per heavy atom. The van der Waals surface area contributed by atoms with Gasteiger partial charge in [-0.05, 0) is 70.6 Å². The maximum absolute atomic E-state index is 12.4. The van der Waals surface area contributed by atoms with Crippen LogP contribution >= 0.6 is 7.82 Å². The summed E-state index contributed by atoms with van der Waals surface area (Å²) in [6.07, 6.45) is 46.3. The zero-order valence-corrected chi connectivity index (χ0v) is 33.6. The zero-order chi connectivity index (χ0) is 39.1. The fraction of sp³-hybridized carbons (Fsp3) is 0.628. The SMILES string of the molecule is CC/C=C\C/C=C\C/C=C\C/C=C\C/C=C\C=C/C(O)CCC(=O)O[C@H](COC(=O)CCCCCCCCC/C=C\CCCCCC)COP(=O)(O)O. The molecule has 3 N–H and O–H groups in total. The lowest BCUT2D eigenvalue weighted by Crippen LogP contribution is -2.29. The number of esters is 2. The molecule has 10 heteroatoms. The average Bonchev–Trinajstić information content (AvgIpc) is 3.12. The van der Waals surface area contributed by atoms with Gasteiger partial charge in [0.2, 0.25) is 0 Å². The molecule has 0 heterocycles. The molecule has 9 nitrogen and oxygen atoms in total. The number of carbonyl (C=O) groups excluding carboxylic acids is 2. The monoisotopic (exact) mass is 762 g/mol.